The van der Waals surface area contributed by atoms with Gasteiger partial charge >= 0.3 is 0 Å². The number of piperidine rings is 1. The van der Waals surface area contributed by atoms with E-state index in [0.717, 1.165) is 23.3 Å². The molecule has 0 amide bonds. The molecule has 3 atom stereocenters. The van der Waals surface area contributed by atoms with E-state index in [1.807, 2.05) is 0 Å². The average molecular weight is 153 g/mol. The van der Waals surface area contributed by atoms with Crippen LogP contribution >= 0.6 is 0 Å². The van der Waals surface area contributed by atoms with Gasteiger partial charge in [0.2, 0.25) is 0 Å². The van der Waals surface area contributed by atoms with Crippen LogP contribution in [0.15, 0.2) is 0 Å². The monoisotopic (exact) mass is 153 g/mol. The Bertz CT molecular complexity index is 164. The van der Waals surface area contributed by atoms with Crippen LogP contribution in [0.2, 0.25) is 0 Å². The van der Waals surface area contributed by atoms with E-state index in [1.165, 1.54) is 19.4 Å². The standard InChI is InChI=1S/C10H19N/c1-7(2)10-4-5-11-8(3)9(10)6-10/h7-9,11H,4-6H2,1-3H3. The van der Waals surface area contributed by atoms with Crippen molar-refractivity contribution in [2.75, 3.05) is 6.54 Å². The van der Waals surface area contributed by atoms with Crippen molar-refractivity contribution in [2.45, 2.75) is 39.7 Å². The van der Waals surface area contributed by atoms with Crippen molar-refractivity contribution in [1.82, 2.24) is 5.32 Å². The minimum Gasteiger partial charge on any atom is -0.314 e. The van der Waals surface area contributed by atoms with Crippen molar-refractivity contribution < 1.29 is 0 Å². The molecule has 0 aromatic rings. The van der Waals surface area contributed by atoms with Crippen molar-refractivity contribution >= 4 is 0 Å². The third kappa shape index (κ3) is 0.936. The first kappa shape index (κ1) is 7.60. The SMILES string of the molecule is CC1NCCC2(C(C)C)CC12. The van der Waals surface area contributed by atoms with E-state index in [4.69, 9.17) is 0 Å². The van der Waals surface area contributed by atoms with Crippen LogP contribution in [-0.4, -0.2) is 12.6 Å². The molecule has 1 saturated heterocycles. The van der Waals surface area contributed by atoms with E-state index in [-0.39, 0.29) is 0 Å². The molecular formula is C10H19N. The Hall–Kier alpha value is -0.0400. The topological polar surface area (TPSA) is 12.0 Å². The lowest BCUT2D eigenvalue weighted by atomic mass is 9.83. The van der Waals surface area contributed by atoms with Gasteiger partial charge in [0.1, 0.15) is 0 Å². The molecule has 1 heterocycles. The van der Waals surface area contributed by atoms with Crippen LogP contribution in [0.1, 0.15) is 33.6 Å². The van der Waals surface area contributed by atoms with E-state index >= 15 is 0 Å². The normalized spacial score (nSPS) is 49.1. The minimum atomic E-state index is 0.755. The zero-order valence-corrected chi connectivity index (χ0v) is 7.85. The third-order valence-corrected chi connectivity index (χ3v) is 3.99. The predicted octanol–water partition coefficient (Wildman–Crippen LogP) is 2.03. The van der Waals surface area contributed by atoms with Gasteiger partial charge in [-0.2, -0.15) is 0 Å². The minimum absolute atomic E-state index is 0.755. The highest BCUT2D eigenvalue weighted by Gasteiger charge is 2.58. The molecule has 1 aliphatic carbocycles. The second-order valence-electron chi connectivity index (χ2n) is 4.69. The fraction of sp³-hybridized carbons (Fsp3) is 1.00. The lowest BCUT2D eigenvalue weighted by Gasteiger charge is -2.30. The molecule has 1 heteroatoms. The lowest BCUT2D eigenvalue weighted by molar-refractivity contribution is 0.232. The Morgan fingerprint density at radius 2 is 2.18 bits per heavy atom. The molecule has 0 radical (unpaired) electrons. The third-order valence-electron chi connectivity index (χ3n) is 3.99. The van der Waals surface area contributed by atoms with Gasteiger partial charge in [0.25, 0.3) is 0 Å². The quantitative estimate of drug-likeness (QED) is 0.608. The zero-order chi connectivity index (χ0) is 8.06. The molecule has 2 aliphatic rings. The van der Waals surface area contributed by atoms with Gasteiger partial charge in [0, 0.05) is 6.04 Å². The summed E-state index contributed by atoms with van der Waals surface area (Å²) in [5, 5.41) is 3.55. The van der Waals surface area contributed by atoms with E-state index < -0.39 is 0 Å². The van der Waals surface area contributed by atoms with Gasteiger partial charge in [-0.1, -0.05) is 13.8 Å². The van der Waals surface area contributed by atoms with Crippen LogP contribution in [0.4, 0.5) is 0 Å². The maximum atomic E-state index is 3.55. The van der Waals surface area contributed by atoms with Crippen molar-refractivity contribution in [3.8, 4) is 0 Å². The summed E-state index contributed by atoms with van der Waals surface area (Å²) in [5.41, 5.74) is 0.755. The summed E-state index contributed by atoms with van der Waals surface area (Å²) in [6.45, 7) is 8.36. The Morgan fingerprint density at radius 3 is 2.73 bits per heavy atom. The fourth-order valence-electron chi connectivity index (χ4n) is 2.94. The smallest absolute Gasteiger partial charge is 0.00726 e. The second kappa shape index (κ2) is 2.22. The summed E-state index contributed by atoms with van der Waals surface area (Å²) in [7, 11) is 0. The van der Waals surface area contributed by atoms with Crippen LogP contribution in [0.25, 0.3) is 0 Å². The first-order valence-corrected chi connectivity index (χ1v) is 4.90. The molecule has 1 aliphatic heterocycles. The molecule has 0 bridgehead atoms. The van der Waals surface area contributed by atoms with Crippen LogP contribution in [0.3, 0.4) is 0 Å². The molecule has 11 heavy (non-hydrogen) atoms. The maximum Gasteiger partial charge on any atom is 0.00726 e. The van der Waals surface area contributed by atoms with Crippen molar-refractivity contribution in [2.24, 2.45) is 17.3 Å². The fourth-order valence-corrected chi connectivity index (χ4v) is 2.94. The first-order chi connectivity index (χ1) is 5.17. The summed E-state index contributed by atoms with van der Waals surface area (Å²) in [5.74, 6) is 1.90. The van der Waals surface area contributed by atoms with Crippen LogP contribution in [0.5, 0.6) is 0 Å². The summed E-state index contributed by atoms with van der Waals surface area (Å²) in [6.07, 6.45) is 2.90. The maximum absolute atomic E-state index is 3.55. The van der Waals surface area contributed by atoms with Gasteiger partial charge in [0.05, 0.1) is 0 Å². The Morgan fingerprint density at radius 1 is 1.45 bits per heavy atom. The molecule has 1 saturated carbocycles. The molecule has 3 unspecified atom stereocenters. The summed E-state index contributed by atoms with van der Waals surface area (Å²) in [4.78, 5) is 0. The van der Waals surface area contributed by atoms with E-state index in [2.05, 4.69) is 26.1 Å². The summed E-state index contributed by atoms with van der Waals surface area (Å²) < 4.78 is 0. The molecule has 0 spiro atoms. The van der Waals surface area contributed by atoms with E-state index in [9.17, 15) is 0 Å². The van der Waals surface area contributed by atoms with Crippen LogP contribution in [-0.2, 0) is 0 Å². The van der Waals surface area contributed by atoms with Gasteiger partial charge in [-0.3, -0.25) is 0 Å². The molecule has 0 aromatic carbocycles. The number of hydrogen-bond donors (Lipinski definition) is 1. The van der Waals surface area contributed by atoms with Gasteiger partial charge in [-0.25, -0.2) is 0 Å². The first-order valence-electron chi connectivity index (χ1n) is 4.90. The lowest BCUT2D eigenvalue weighted by Crippen LogP contribution is -2.38. The zero-order valence-electron chi connectivity index (χ0n) is 7.85. The summed E-state index contributed by atoms with van der Waals surface area (Å²) in [6, 6.07) is 0.783. The highest BCUT2D eigenvalue weighted by molar-refractivity contribution is 5.10. The van der Waals surface area contributed by atoms with Gasteiger partial charge < -0.3 is 5.32 Å². The molecular weight excluding hydrogens is 134 g/mol. The number of nitrogens with one attached hydrogen (secondary N) is 1. The molecule has 2 fully saturated rings. The van der Waals surface area contributed by atoms with Crippen LogP contribution < -0.4 is 5.32 Å². The highest BCUT2D eigenvalue weighted by atomic mass is 15.0. The van der Waals surface area contributed by atoms with E-state index in [1.54, 1.807) is 0 Å². The van der Waals surface area contributed by atoms with E-state index in [0.29, 0.717) is 0 Å². The van der Waals surface area contributed by atoms with Crippen LogP contribution in [0, 0.1) is 17.3 Å². The van der Waals surface area contributed by atoms with Gasteiger partial charge in [0.15, 0.2) is 0 Å². The molecule has 2 rings (SSSR count). The largest absolute Gasteiger partial charge is 0.314 e. The Labute approximate surface area is 69.6 Å². The van der Waals surface area contributed by atoms with Gasteiger partial charge in [-0.05, 0) is 43.6 Å². The molecule has 1 N–H and O–H groups in total. The number of rotatable bonds is 1. The molecule has 0 aromatic heterocycles. The van der Waals surface area contributed by atoms with Crippen molar-refractivity contribution in [3.63, 3.8) is 0 Å². The molecule has 64 valence electrons. The van der Waals surface area contributed by atoms with Gasteiger partial charge in [-0.15, -0.1) is 0 Å². The number of fused-ring (bicyclic) bond motifs is 1. The second-order valence-corrected chi connectivity index (χ2v) is 4.69. The van der Waals surface area contributed by atoms with Crippen molar-refractivity contribution in [3.05, 3.63) is 0 Å². The van der Waals surface area contributed by atoms with Crippen molar-refractivity contribution in [1.29, 1.82) is 0 Å². The Balaban J connectivity index is 2.09. The average Bonchev–Trinajstić information content (AvgIpc) is 2.64. The number of hydrogen-bond acceptors (Lipinski definition) is 1. The molecule has 1 nitrogen and oxygen atoms in total. The predicted molar refractivity (Wildman–Crippen MR) is 47.5 cm³/mol. The highest BCUT2D eigenvalue weighted by Crippen LogP contribution is 2.62. The summed E-state index contributed by atoms with van der Waals surface area (Å²) >= 11 is 0. The Kier molecular flexibility index (Phi) is 1.54.